The molecule has 0 aliphatic carbocycles. The number of hydrogen-bond donors (Lipinski definition) is 0. The molecular weight excluding hydrogens is 325 g/mol. The van der Waals surface area contributed by atoms with Crippen LogP contribution in [0.3, 0.4) is 0 Å². The normalized spacial score (nSPS) is 15.2. The lowest BCUT2D eigenvalue weighted by atomic mass is 10.1. The third-order valence-corrected chi connectivity index (χ3v) is 4.40. The Morgan fingerprint density at radius 1 is 1.12 bits per heavy atom. The molecule has 0 unspecified atom stereocenters. The van der Waals surface area contributed by atoms with Crippen molar-refractivity contribution in [2.45, 2.75) is 6.54 Å². The Balaban J connectivity index is 1.69. The van der Waals surface area contributed by atoms with E-state index in [0.29, 0.717) is 50.3 Å². The molecule has 130 valence electrons. The molecule has 1 fully saturated rings. The number of aldehydes is 1. The number of nitro groups is 1. The van der Waals surface area contributed by atoms with Gasteiger partial charge in [-0.25, -0.2) is 4.39 Å². The number of nitrogens with zero attached hydrogens (tertiary/aromatic N) is 3. The van der Waals surface area contributed by atoms with Crippen molar-refractivity contribution in [2.24, 2.45) is 0 Å². The number of carbonyl (C=O) groups excluding carboxylic acids is 1. The molecule has 2 aromatic carbocycles. The fourth-order valence-corrected chi connectivity index (χ4v) is 3.04. The van der Waals surface area contributed by atoms with Crippen molar-refractivity contribution in [3.05, 3.63) is 69.5 Å². The van der Waals surface area contributed by atoms with Crippen molar-refractivity contribution in [3.8, 4) is 0 Å². The van der Waals surface area contributed by atoms with E-state index in [2.05, 4.69) is 4.90 Å². The summed E-state index contributed by atoms with van der Waals surface area (Å²) in [7, 11) is 0. The SMILES string of the molecule is O=Cc1ccc(N2CCN(Cc3ccccc3F)CC2)c([N+](=O)[O-])c1. The lowest BCUT2D eigenvalue weighted by molar-refractivity contribution is -0.384. The molecule has 0 radical (unpaired) electrons. The van der Waals surface area contributed by atoms with Crippen molar-refractivity contribution in [1.82, 2.24) is 4.90 Å². The highest BCUT2D eigenvalue weighted by Gasteiger charge is 2.24. The standard InChI is InChI=1S/C18H18FN3O3/c19-16-4-2-1-3-15(16)12-20-7-9-21(10-8-20)17-6-5-14(13-23)11-18(17)22(24)25/h1-6,11,13H,7-10,12H2. The lowest BCUT2D eigenvalue weighted by Gasteiger charge is -2.35. The lowest BCUT2D eigenvalue weighted by Crippen LogP contribution is -2.46. The van der Waals surface area contributed by atoms with E-state index in [1.807, 2.05) is 11.0 Å². The van der Waals surface area contributed by atoms with Crippen molar-refractivity contribution >= 4 is 17.7 Å². The van der Waals surface area contributed by atoms with E-state index in [1.54, 1.807) is 24.3 Å². The van der Waals surface area contributed by atoms with Gasteiger partial charge in [0.15, 0.2) is 0 Å². The molecule has 1 aliphatic rings. The third kappa shape index (κ3) is 3.83. The van der Waals surface area contributed by atoms with E-state index < -0.39 is 4.92 Å². The summed E-state index contributed by atoms with van der Waals surface area (Å²) in [5, 5.41) is 11.3. The predicted molar refractivity (Wildman–Crippen MR) is 92.4 cm³/mol. The van der Waals surface area contributed by atoms with Crippen LogP contribution in [0.25, 0.3) is 0 Å². The molecule has 0 aromatic heterocycles. The van der Waals surface area contributed by atoms with Crippen LogP contribution in [-0.4, -0.2) is 42.3 Å². The highest BCUT2D eigenvalue weighted by atomic mass is 19.1. The molecular formula is C18H18FN3O3. The molecule has 0 N–H and O–H groups in total. The zero-order chi connectivity index (χ0) is 17.8. The van der Waals surface area contributed by atoms with Crippen LogP contribution in [0.15, 0.2) is 42.5 Å². The average molecular weight is 343 g/mol. The molecule has 1 heterocycles. The summed E-state index contributed by atoms with van der Waals surface area (Å²) in [4.78, 5) is 25.7. The van der Waals surface area contributed by atoms with Crippen LogP contribution < -0.4 is 4.90 Å². The van der Waals surface area contributed by atoms with Gasteiger partial charge in [0.1, 0.15) is 17.8 Å². The van der Waals surface area contributed by atoms with Crippen LogP contribution in [0.1, 0.15) is 15.9 Å². The molecule has 1 saturated heterocycles. The Kier molecular flexibility index (Phi) is 5.04. The Morgan fingerprint density at radius 2 is 1.84 bits per heavy atom. The number of halogens is 1. The summed E-state index contributed by atoms with van der Waals surface area (Å²) in [5.41, 5.74) is 1.39. The maximum Gasteiger partial charge on any atom is 0.293 e. The zero-order valence-corrected chi connectivity index (χ0v) is 13.6. The monoisotopic (exact) mass is 343 g/mol. The first kappa shape index (κ1) is 17.0. The van der Waals surface area contributed by atoms with Gasteiger partial charge < -0.3 is 4.90 Å². The van der Waals surface area contributed by atoms with E-state index in [9.17, 15) is 19.3 Å². The van der Waals surface area contributed by atoms with Gasteiger partial charge in [0.05, 0.1) is 4.92 Å². The molecule has 7 heteroatoms. The predicted octanol–water partition coefficient (Wildman–Crippen LogP) is 2.87. The van der Waals surface area contributed by atoms with Crippen molar-refractivity contribution in [1.29, 1.82) is 0 Å². The van der Waals surface area contributed by atoms with Crippen LogP contribution >= 0.6 is 0 Å². The van der Waals surface area contributed by atoms with Gasteiger partial charge in [-0.05, 0) is 18.2 Å². The molecule has 2 aromatic rings. The smallest absolute Gasteiger partial charge is 0.293 e. The number of rotatable bonds is 5. The second-order valence-electron chi connectivity index (χ2n) is 5.98. The summed E-state index contributed by atoms with van der Waals surface area (Å²) in [6.45, 7) is 3.10. The number of piperazine rings is 1. The highest BCUT2D eigenvalue weighted by molar-refractivity contribution is 5.79. The first-order valence-corrected chi connectivity index (χ1v) is 8.03. The van der Waals surface area contributed by atoms with Crippen LogP contribution in [0.4, 0.5) is 15.8 Å². The van der Waals surface area contributed by atoms with Gasteiger partial charge >= 0.3 is 0 Å². The van der Waals surface area contributed by atoms with Gasteiger partial charge in [-0.3, -0.25) is 19.8 Å². The van der Waals surface area contributed by atoms with Gasteiger partial charge in [-0.1, -0.05) is 18.2 Å². The molecule has 6 nitrogen and oxygen atoms in total. The maximum absolute atomic E-state index is 13.8. The Hall–Kier alpha value is -2.80. The third-order valence-electron chi connectivity index (χ3n) is 4.40. The topological polar surface area (TPSA) is 66.7 Å². The largest absolute Gasteiger partial charge is 0.363 e. The van der Waals surface area contributed by atoms with Gasteiger partial charge in [-0.15, -0.1) is 0 Å². The fraction of sp³-hybridized carbons (Fsp3) is 0.278. The minimum atomic E-state index is -0.464. The fourth-order valence-electron chi connectivity index (χ4n) is 3.04. The second-order valence-corrected chi connectivity index (χ2v) is 5.98. The molecule has 25 heavy (non-hydrogen) atoms. The first-order chi connectivity index (χ1) is 12.1. The van der Waals surface area contributed by atoms with Gasteiger partial charge in [0, 0.05) is 49.9 Å². The highest BCUT2D eigenvalue weighted by Crippen LogP contribution is 2.30. The van der Waals surface area contributed by atoms with E-state index in [4.69, 9.17) is 0 Å². The molecule has 0 bridgehead atoms. The van der Waals surface area contributed by atoms with E-state index in [-0.39, 0.29) is 17.1 Å². The summed E-state index contributed by atoms with van der Waals surface area (Å²) < 4.78 is 13.8. The number of nitro benzene ring substituents is 1. The van der Waals surface area contributed by atoms with Crippen LogP contribution in [0.5, 0.6) is 0 Å². The molecule has 1 aliphatic heterocycles. The molecule has 3 rings (SSSR count). The van der Waals surface area contributed by atoms with Crippen LogP contribution in [0, 0.1) is 15.9 Å². The van der Waals surface area contributed by atoms with E-state index >= 15 is 0 Å². The van der Waals surface area contributed by atoms with Crippen molar-refractivity contribution in [3.63, 3.8) is 0 Å². The van der Waals surface area contributed by atoms with Crippen molar-refractivity contribution < 1.29 is 14.1 Å². The molecule has 0 saturated carbocycles. The molecule has 0 atom stereocenters. The maximum atomic E-state index is 13.8. The number of carbonyl (C=O) groups is 1. The second kappa shape index (κ2) is 7.40. The zero-order valence-electron chi connectivity index (χ0n) is 13.6. The first-order valence-electron chi connectivity index (χ1n) is 8.03. The van der Waals surface area contributed by atoms with E-state index in [1.165, 1.54) is 12.1 Å². The summed E-state index contributed by atoms with van der Waals surface area (Å²) >= 11 is 0. The number of hydrogen-bond acceptors (Lipinski definition) is 5. The number of benzene rings is 2. The minimum Gasteiger partial charge on any atom is -0.363 e. The average Bonchev–Trinajstić information content (AvgIpc) is 2.64. The van der Waals surface area contributed by atoms with Gasteiger partial charge in [0.2, 0.25) is 0 Å². The summed E-state index contributed by atoms with van der Waals surface area (Å²) in [6.07, 6.45) is 0.600. The summed E-state index contributed by atoms with van der Waals surface area (Å²) in [5.74, 6) is -0.218. The summed E-state index contributed by atoms with van der Waals surface area (Å²) in [6, 6.07) is 11.2. The van der Waals surface area contributed by atoms with Crippen LogP contribution in [-0.2, 0) is 6.54 Å². The Bertz CT molecular complexity index is 789. The van der Waals surface area contributed by atoms with Gasteiger partial charge in [0.25, 0.3) is 5.69 Å². The Morgan fingerprint density at radius 3 is 2.48 bits per heavy atom. The Labute approximate surface area is 144 Å². The number of anilines is 1. The molecule has 0 spiro atoms. The van der Waals surface area contributed by atoms with Gasteiger partial charge in [-0.2, -0.15) is 0 Å². The van der Waals surface area contributed by atoms with E-state index in [0.717, 1.165) is 0 Å². The quantitative estimate of drug-likeness (QED) is 0.474. The van der Waals surface area contributed by atoms with Crippen molar-refractivity contribution in [2.75, 3.05) is 31.1 Å². The minimum absolute atomic E-state index is 0.0628. The molecule has 0 amide bonds. The van der Waals surface area contributed by atoms with Crippen LogP contribution in [0.2, 0.25) is 0 Å².